The van der Waals surface area contributed by atoms with Crippen LogP contribution >= 0.6 is 19.5 Å². The summed E-state index contributed by atoms with van der Waals surface area (Å²) in [6, 6.07) is 7.80. The number of alkyl halides is 1. The number of carbonyl (C=O) groups is 1. The van der Waals surface area contributed by atoms with Crippen molar-refractivity contribution in [3.63, 3.8) is 0 Å². The molecule has 0 saturated carbocycles. The normalized spacial score (nSPS) is 29.0. The molecule has 1 spiro atoms. The van der Waals surface area contributed by atoms with Gasteiger partial charge in [0.1, 0.15) is 24.5 Å². The predicted molar refractivity (Wildman–Crippen MR) is 136 cm³/mol. The summed E-state index contributed by atoms with van der Waals surface area (Å²) >= 11 is 1.20. The molecule has 15 heteroatoms. The quantitative estimate of drug-likeness (QED) is 0.282. The third kappa shape index (κ3) is 5.75. The molecule has 0 radical (unpaired) electrons. The van der Waals surface area contributed by atoms with E-state index in [9.17, 15) is 24.1 Å². The molecular weight excluding hydrogens is 544 g/mol. The fourth-order valence-electron chi connectivity index (χ4n) is 4.12. The first kappa shape index (κ1) is 28.5. The minimum atomic E-state index is -4.46. The number of nitrogens with zero attached hydrogens (tertiary/aromatic N) is 1. The molecule has 1 unspecified atom stereocenters. The molecule has 0 amide bonds. The number of aromatic nitrogens is 2. The van der Waals surface area contributed by atoms with Crippen molar-refractivity contribution in [3.8, 4) is 5.75 Å². The number of carbonyl (C=O) groups excluding carboxylic acids is 1. The zero-order chi connectivity index (χ0) is 27.7. The number of nitrogens with one attached hydrogen (secondary N) is 2. The zero-order valence-corrected chi connectivity index (χ0v) is 22.6. The topological polar surface area (TPSA) is 158 Å². The second-order valence-electron chi connectivity index (χ2n) is 9.24. The van der Waals surface area contributed by atoms with E-state index < -0.39 is 66.7 Å². The lowest BCUT2D eigenvalue weighted by Crippen LogP contribution is -2.54. The summed E-state index contributed by atoms with van der Waals surface area (Å²) in [4.78, 5) is 38.3. The lowest BCUT2D eigenvalue weighted by molar-refractivity contribution is -0.204. The molecule has 38 heavy (non-hydrogen) atoms. The first-order valence-corrected chi connectivity index (χ1v) is 14.4. The molecule has 0 aliphatic carbocycles. The number of thioether (sulfide) groups is 1. The van der Waals surface area contributed by atoms with Gasteiger partial charge in [0.05, 0.1) is 10.9 Å². The van der Waals surface area contributed by atoms with Crippen LogP contribution in [0.25, 0.3) is 0 Å². The average molecular weight is 574 g/mol. The van der Waals surface area contributed by atoms with Crippen molar-refractivity contribution >= 4 is 25.5 Å². The van der Waals surface area contributed by atoms with Crippen LogP contribution in [0, 0.1) is 0 Å². The van der Waals surface area contributed by atoms with Gasteiger partial charge in [-0.15, -0.1) is 11.8 Å². The van der Waals surface area contributed by atoms with Crippen molar-refractivity contribution in [3.05, 3.63) is 63.4 Å². The molecule has 208 valence electrons. The zero-order valence-electron chi connectivity index (χ0n) is 20.9. The van der Waals surface area contributed by atoms with Crippen LogP contribution in [-0.4, -0.2) is 61.8 Å². The minimum absolute atomic E-state index is 0.109. The Balaban J connectivity index is 1.58. The van der Waals surface area contributed by atoms with Crippen molar-refractivity contribution in [1.29, 1.82) is 0 Å². The molecule has 2 saturated heterocycles. The number of rotatable bonds is 10. The van der Waals surface area contributed by atoms with Gasteiger partial charge in [-0.1, -0.05) is 18.2 Å². The molecule has 2 aliphatic heterocycles. The summed E-state index contributed by atoms with van der Waals surface area (Å²) in [6.07, 6.45) is -2.08. The van der Waals surface area contributed by atoms with Crippen molar-refractivity contribution in [2.45, 2.75) is 62.3 Å². The van der Waals surface area contributed by atoms with E-state index in [1.165, 1.54) is 30.8 Å². The van der Waals surface area contributed by atoms with Crippen molar-refractivity contribution in [2.75, 3.05) is 12.4 Å². The van der Waals surface area contributed by atoms with Crippen LogP contribution in [0.1, 0.15) is 33.4 Å². The third-order valence-corrected chi connectivity index (χ3v) is 9.22. The lowest BCUT2D eigenvalue weighted by Gasteiger charge is -2.43. The van der Waals surface area contributed by atoms with Gasteiger partial charge >= 0.3 is 19.4 Å². The maximum Gasteiger partial charge on any atom is 0.459 e. The Kier molecular flexibility index (Phi) is 8.22. The van der Waals surface area contributed by atoms with E-state index in [4.69, 9.17) is 18.5 Å². The number of aliphatic hydroxyl groups is 1. The number of ether oxygens (including phenoxy) is 2. The van der Waals surface area contributed by atoms with E-state index in [1.807, 2.05) is 0 Å². The standard InChI is InChI=1S/C23H29FN3O9PS/c1-14(2)34-18(29)15(3)26-37(32,36-16-7-5-4-6-8-16)33-13-23(24)19(30)22(10-12-38-22)20(35-23)27-11-9-17(28)25-21(27)31/h4-9,11,14-15,19-20,30H,10,12-13H2,1-3H3,(H,26,32)(H,25,28,31)/t15-,19-,20+,22+,23+,37?/m0/s1. The maximum atomic E-state index is 16.2. The number of aromatic amines is 1. The Morgan fingerprint density at radius 2 is 2.00 bits per heavy atom. The van der Waals surface area contributed by atoms with Crippen molar-refractivity contribution < 1.29 is 37.4 Å². The van der Waals surface area contributed by atoms with Crippen LogP contribution in [0.2, 0.25) is 0 Å². The molecule has 2 fully saturated rings. The Labute approximate surface area is 221 Å². The number of hydrogen-bond acceptors (Lipinski definition) is 10. The van der Waals surface area contributed by atoms with Gasteiger partial charge in [-0.3, -0.25) is 23.7 Å². The van der Waals surface area contributed by atoms with Crippen LogP contribution in [0.3, 0.4) is 0 Å². The van der Waals surface area contributed by atoms with E-state index in [2.05, 4.69) is 10.1 Å². The third-order valence-electron chi connectivity index (χ3n) is 6.02. The molecule has 3 N–H and O–H groups in total. The Morgan fingerprint density at radius 3 is 2.58 bits per heavy atom. The highest BCUT2D eigenvalue weighted by Crippen LogP contribution is 2.60. The summed E-state index contributed by atoms with van der Waals surface area (Å²) in [5.74, 6) is -2.99. The smallest absolute Gasteiger partial charge is 0.459 e. The first-order valence-electron chi connectivity index (χ1n) is 11.9. The van der Waals surface area contributed by atoms with E-state index in [0.717, 1.165) is 16.8 Å². The summed E-state index contributed by atoms with van der Waals surface area (Å²) in [5, 5.41) is 13.5. The molecule has 12 nitrogen and oxygen atoms in total. The number of halogens is 1. The van der Waals surface area contributed by atoms with E-state index in [-0.39, 0.29) is 5.75 Å². The van der Waals surface area contributed by atoms with Crippen molar-refractivity contribution in [1.82, 2.24) is 14.6 Å². The molecule has 1 aromatic carbocycles. The lowest BCUT2D eigenvalue weighted by atomic mass is 9.93. The van der Waals surface area contributed by atoms with E-state index in [1.54, 1.807) is 32.0 Å². The van der Waals surface area contributed by atoms with E-state index in [0.29, 0.717) is 12.2 Å². The van der Waals surface area contributed by atoms with Crippen LogP contribution in [0.4, 0.5) is 4.39 Å². The number of esters is 1. The monoisotopic (exact) mass is 573 g/mol. The number of H-pyrrole nitrogens is 1. The second-order valence-corrected chi connectivity index (χ2v) is 12.4. The van der Waals surface area contributed by atoms with Gasteiger partial charge in [0.25, 0.3) is 11.4 Å². The van der Waals surface area contributed by atoms with Crippen molar-refractivity contribution in [2.24, 2.45) is 0 Å². The van der Waals surface area contributed by atoms with Gasteiger partial charge in [-0.05, 0) is 45.1 Å². The molecular formula is C23H29FN3O9PS. The fraction of sp³-hybridized carbons (Fsp3) is 0.522. The molecule has 3 heterocycles. The molecule has 4 rings (SSSR count). The average Bonchev–Trinajstić information content (AvgIpc) is 3.05. The summed E-state index contributed by atoms with van der Waals surface area (Å²) < 4.78 is 51.3. The first-order chi connectivity index (χ1) is 17.9. The second kappa shape index (κ2) is 10.9. The molecule has 2 aliphatic rings. The van der Waals surface area contributed by atoms with Crippen LogP contribution in [0.5, 0.6) is 5.75 Å². The SMILES string of the molecule is CC(C)OC(=O)[C@H](C)NP(=O)(OC[C@@]1(F)O[C@@H](n2ccc(=O)[nH]c2=O)[C@@]2(CCS2)[C@@H]1O)Oc1ccccc1. The molecule has 1 aromatic heterocycles. The van der Waals surface area contributed by atoms with Gasteiger partial charge in [0.2, 0.25) is 0 Å². The number of aliphatic hydroxyl groups excluding tert-OH is 1. The Hall–Kier alpha value is -2.48. The van der Waals surface area contributed by atoms with Crippen LogP contribution in [-0.2, 0) is 23.4 Å². The van der Waals surface area contributed by atoms with Crippen LogP contribution < -0.4 is 20.9 Å². The molecule has 0 bridgehead atoms. The summed E-state index contributed by atoms with van der Waals surface area (Å²) in [5.41, 5.74) is -1.49. The number of hydrogen-bond donors (Lipinski definition) is 3. The Morgan fingerprint density at radius 1 is 1.32 bits per heavy atom. The van der Waals surface area contributed by atoms with Gasteiger partial charge < -0.3 is 19.1 Å². The Bertz CT molecular complexity index is 1320. The number of benzene rings is 1. The minimum Gasteiger partial charge on any atom is -0.462 e. The summed E-state index contributed by atoms with van der Waals surface area (Å²) in [6.45, 7) is 3.59. The maximum absolute atomic E-state index is 16.2. The highest BCUT2D eigenvalue weighted by Gasteiger charge is 2.68. The highest BCUT2D eigenvalue weighted by molar-refractivity contribution is 8.02. The highest BCUT2D eigenvalue weighted by atomic mass is 32.2. The molecule has 6 atom stereocenters. The molecule has 2 aromatic rings. The predicted octanol–water partition coefficient (Wildman–Crippen LogP) is 2.10. The number of para-hydroxylation sites is 1. The van der Waals surface area contributed by atoms with Gasteiger partial charge in [0, 0.05) is 12.3 Å². The van der Waals surface area contributed by atoms with Gasteiger partial charge in [0.15, 0.2) is 6.23 Å². The van der Waals surface area contributed by atoms with Crippen LogP contribution in [0.15, 0.2) is 52.2 Å². The largest absolute Gasteiger partial charge is 0.462 e. The fourth-order valence-corrected chi connectivity index (χ4v) is 6.94. The van der Waals surface area contributed by atoms with Gasteiger partial charge in [-0.25, -0.2) is 13.8 Å². The van der Waals surface area contributed by atoms with E-state index >= 15 is 4.39 Å². The summed E-state index contributed by atoms with van der Waals surface area (Å²) in [7, 11) is -4.46. The van der Waals surface area contributed by atoms with Gasteiger partial charge in [-0.2, -0.15) is 5.09 Å².